The monoisotopic (exact) mass is 479 g/mol. The van der Waals surface area contributed by atoms with Crippen molar-refractivity contribution in [2.24, 2.45) is 0 Å². The Bertz CT molecular complexity index is 1360. The molecule has 3 aromatic rings. The maximum absolute atomic E-state index is 13.3. The molecular formula is C25H22ClN3O5. The van der Waals surface area contributed by atoms with Gasteiger partial charge in [-0.25, -0.2) is 4.79 Å². The average molecular weight is 480 g/mol. The third-order valence-electron chi connectivity index (χ3n) is 6.34. The number of hydrogen-bond donors (Lipinski definition) is 1. The summed E-state index contributed by atoms with van der Waals surface area (Å²) in [5, 5.41) is 3.06. The fourth-order valence-corrected chi connectivity index (χ4v) is 4.91. The fourth-order valence-electron chi connectivity index (χ4n) is 4.59. The number of halogens is 1. The molecule has 0 aliphatic carbocycles. The van der Waals surface area contributed by atoms with Crippen LogP contribution < -0.4 is 14.8 Å². The van der Waals surface area contributed by atoms with Gasteiger partial charge in [-0.1, -0.05) is 29.8 Å². The predicted octanol–water partition coefficient (Wildman–Crippen LogP) is 4.13. The zero-order valence-corrected chi connectivity index (χ0v) is 19.6. The number of urea groups is 1. The van der Waals surface area contributed by atoms with Gasteiger partial charge in [-0.2, -0.15) is 0 Å². The summed E-state index contributed by atoms with van der Waals surface area (Å²) in [7, 11) is 0. The van der Waals surface area contributed by atoms with Gasteiger partial charge in [-0.15, -0.1) is 0 Å². The smallest absolute Gasteiger partial charge is 0.325 e. The zero-order chi connectivity index (χ0) is 24.2. The number of rotatable bonds is 5. The molecule has 1 atom stereocenters. The number of aryl methyl sites for hydroxylation is 1. The lowest BCUT2D eigenvalue weighted by Crippen LogP contribution is -2.41. The van der Waals surface area contributed by atoms with Gasteiger partial charge in [0.2, 0.25) is 6.79 Å². The predicted molar refractivity (Wildman–Crippen MR) is 125 cm³/mol. The minimum Gasteiger partial charge on any atom is -0.454 e. The number of carbonyl (C=O) groups excluding carboxylic acids is 3. The number of amides is 3. The first kappa shape index (κ1) is 22.0. The Morgan fingerprint density at radius 2 is 1.82 bits per heavy atom. The second kappa shape index (κ2) is 7.92. The first-order valence-electron chi connectivity index (χ1n) is 10.7. The Hall–Kier alpha value is -3.78. The van der Waals surface area contributed by atoms with Gasteiger partial charge < -0.3 is 19.4 Å². The van der Waals surface area contributed by atoms with Crippen LogP contribution in [0.15, 0.2) is 48.5 Å². The lowest BCUT2D eigenvalue weighted by atomic mass is 9.92. The van der Waals surface area contributed by atoms with E-state index < -0.39 is 17.5 Å². The third kappa shape index (κ3) is 3.33. The number of benzene rings is 2. The van der Waals surface area contributed by atoms with Gasteiger partial charge >= 0.3 is 6.03 Å². The summed E-state index contributed by atoms with van der Waals surface area (Å²) in [4.78, 5) is 40.1. The van der Waals surface area contributed by atoms with E-state index in [0.717, 1.165) is 16.3 Å². The van der Waals surface area contributed by atoms with Crippen LogP contribution in [-0.4, -0.2) is 40.5 Å². The second-order valence-electron chi connectivity index (χ2n) is 8.51. The van der Waals surface area contributed by atoms with Crippen LogP contribution in [0.4, 0.5) is 4.79 Å². The number of nitrogens with zero attached hydrogens (tertiary/aromatic N) is 2. The normalized spacial score (nSPS) is 19.0. The molecule has 1 aromatic heterocycles. The fraction of sp³-hybridized carbons (Fsp3) is 0.240. The van der Waals surface area contributed by atoms with Crippen LogP contribution in [0.2, 0.25) is 5.02 Å². The summed E-state index contributed by atoms with van der Waals surface area (Å²) >= 11 is 6.28. The number of ketones is 1. The van der Waals surface area contributed by atoms with Crippen LogP contribution in [0.3, 0.4) is 0 Å². The molecule has 0 spiro atoms. The molecule has 3 amide bonds. The van der Waals surface area contributed by atoms with Crippen molar-refractivity contribution in [3.05, 3.63) is 76.1 Å². The number of fused-ring (bicyclic) bond motifs is 1. The van der Waals surface area contributed by atoms with Crippen LogP contribution in [0, 0.1) is 13.8 Å². The highest BCUT2D eigenvalue weighted by Crippen LogP contribution is 2.36. The van der Waals surface area contributed by atoms with Crippen molar-refractivity contribution in [2.45, 2.75) is 26.3 Å². The van der Waals surface area contributed by atoms with Crippen LogP contribution in [0.1, 0.15) is 34.2 Å². The van der Waals surface area contributed by atoms with Gasteiger partial charge in [0.15, 0.2) is 17.3 Å². The molecule has 2 aromatic carbocycles. The van der Waals surface area contributed by atoms with E-state index in [2.05, 4.69) is 5.32 Å². The van der Waals surface area contributed by atoms with E-state index in [1.165, 1.54) is 0 Å². The van der Waals surface area contributed by atoms with Crippen molar-refractivity contribution >= 4 is 29.3 Å². The molecule has 9 heteroatoms. The highest BCUT2D eigenvalue weighted by molar-refractivity contribution is 6.32. The summed E-state index contributed by atoms with van der Waals surface area (Å²) in [6, 6.07) is 13.5. The summed E-state index contributed by atoms with van der Waals surface area (Å²) in [6.07, 6.45) is 0. The van der Waals surface area contributed by atoms with Crippen LogP contribution in [0.5, 0.6) is 11.5 Å². The molecule has 1 saturated heterocycles. The lowest BCUT2D eigenvalue weighted by Gasteiger charge is -2.23. The number of aromatic nitrogens is 1. The van der Waals surface area contributed by atoms with Crippen molar-refractivity contribution in [1.82, 2.24) is 14.8 Å². The van der Waals surface area contributed by atoms with E-state index in [1.54, 1.807) is 37.3 Å². The van der Waals surface area contributed by atoms with Gasteiger partial charge in [0, 0.05) is 39.3 Å². The summed E-state index contributed by atoms with van der Waals surface area (Å²) in [5.74, 6) is 0.439. The van der Waals surface area contributed by atoms with E-state index >= 15 is 0 Å². The minimum atomic E-state index is -1.35. The number of hydrogen-bond acceptors (Lipinski definition) is 5. The number of imide groups is 1. The van der Waals surface area contributed by atoms with Crippen molar-refractivity contribution in [1.29, 1.82) is 0 Å². The Morgan fingerprint density at radius 3 is 2.59 bits per heavy atom. The van der Waals surface area contributed by atoms with Gasteiger partial charge in [0.1, 0.15) is 5.54 Å². The number of carbonyl (C=O) groups is 3. The second-order valence-corrected chi connectivity index (χ2v) is 8.91. The quantitative estimate of drug-likeness (QED) is 0.439. The highest BCUT2D eigenvalue weighted by atomic mass is 35.5. The number of ether oxygens (including phenoxy) is 2. The maximum atomic E-state index is 13.3. The molecule has 0 radical (unpaired) electrons. The van der Waals surface area contributed by atoms with Gasteiger partial charge in [-0.05, 0) is 45.0 Å². The minimum absolute atomic E-state index is 0.172. The van der Waals surface area contributed by atoms with E-state index in [1.807, 2.05) is 36.6 Å². The van der Waals surface area contributed by atoms with Gasteiger partial charge in [0.05, 0.1) is 6.54 Å². The van der Waals surface area contributed by atoms with Crippen molar-refractivity contribution in [3.63, 3.8) is 0 Å². The molecule has 0 bridgehead atoms. The van der Waals surface area contributed by atoms with E-state index in [9.17, 15) is 14.4 Å². The third-order valence-corrected chi connectivity index (χ3v) is 6.66. The first-order chi connectivity index (χ1) is 16.2. The van der Waals surface area contributed by atoms with Crippen LogP contribution in [-0.2, 0) is 10.3 Å². The molecule has 174 valence electrons. The molecule has 3 heterocycles. The molecule has 34 heavy (non-hydrogen) atoms. The SMILES string of the molecule is Cc1cc(C(=O)CN2C(=O)N[C@](C)(c3ccccc3Cl)C2=O)c(C)n1-c1ccc2c(c1)OCO2. The Balaban J connectivity index is 1.42. The zero-order valence-electron chi connectivity index (χ0n) is 18.8. The van der Waals surface area contributed by atoms with Gasteiger partial charge in [0.25, 0.3) is 5.91 Å². The Morgan fingerprint density at radius 1 is 1.09 bits per heavy atom. The first-order valence-corrected chi connectivity index (χ1v) is 11.1. The van der Waals surface area contributed by atoms with Crippen molar-refractivity contribution in [2.75, 3.05) is 13.3 Å². The van der Waals surface area contributed by atoms with Crippen LogP contribution in [0.25, 0.3) is 5.69 Å². The van der Waals surface area contributed by atoms with Gasteiger partial charge in [-0.3, -0.25) is 14.5 Å². The summed E-state index contributed by atoms with van der Waals surface area (Å²) in [5.41, 5.74) is 1.91. The van der Waals surface area contributed by atoms with Crippen molar-refractivity contribution in [3.8, 4) is 17.2 Å². The molecule has 0 saturated carbocycles. The molecule has 2 aliphatic heterocycles. The topological polar surface area (TPSA) is 89.9 Å². The lowest BCUT2D eigenvalue weighted by molar-refractivity contribution is -0.130. The maximum Gasteiger partial charge on any atom is 0.325 e. The molecule has 0 unspecified atom stereocenters. The molecule has 8 nitrogen and oxygen atoms in total. The Labute approximate surface area is 201 Å². The largest absolute Gasteiger partial charge is 0.454 e. The molecular weight excluding hydrogens is 458 g/mol. The molecule has 5 rings (SSSR count). The summed E-state index contributed by atoms with van der Waals surface area (Å²) in [6.45, 7) is 5.09. The average Bonchev–Trinajstić information content (AvgIpc) is 3.45. The Kier molecular flexibility index (Phi) is 5.13. The molecule has 2 aliphatic rings. The number of nitrogens with one attached hydrogen (secondary N) is 1. The standard InChI is InChI=1S/C25H22ClN3O5/c1-14-10-17(15(2)29(14)16-8-9-21-22(11-16)34-13-33-21)20(30)12-28-23(31)25(3,27-24(28)32)18-6-4-5-7-19(18)26/h4-11H,12-13H2,1-3H3,(H,27,32)/t25-/m1/s1. The van der Waals surface area contributed by atoms with E-state index in [0.29, 0.717) is 33.3 Å². The number of Topliss-reactive ketones (excluding diaryl/α,β-unsaturated/α-hetero) is 1. The molecule has 1 N–H and O–H groups in total. The van der Waals surface area contributed by atoms with Crippen molar-refractivity contribution < 1.29 is 23.9 Å². The van der Waals surface area contributed by atoms with E-state index in [-0.39, 0.29) is 19.1 Å². The van der Waals surface area contributed by atoms with Crippen LogP contribution >= 0.6 is 11.6 Å². The summed E-state index contributed by atoms with van der Waals surface area (Å²) < 4.78 is 12.8. The highest BCUT2D eigenvalue weighted by Gasteiger charge is 2.50. The van der Waals surface area contributed by atoms with E-state index in [4.69, 9.17) is 21.1 Å². The molecule has 1 fully saturated rings.